The van der Waals surface area contributed by atoms with Crippen LogP contribution < -0.4 is 10.9 Å². The molecule has 7 heteroatoms. The Hall–Kier alpha value is -2.93. The molecule has 0 aliphatic heterocycles. The Morgan fingerprint density at radius 3 is 2.46 bits per heavy atom. The Bertz CT molecular complexity index is 967. The van der Waals surface area contributed by atoms with Crippen LogP contribution in [0, 0.1) is 13.8 Å². The van der Waals surface area contributed by atoms with Gasteiger partial charge in [0.15, 0.2) is 0 Å². The molecule has 0 fully saturated rings. The van der Waals surface area contributed by atoms with Crippen molar-refractivity contribution in [2.75, 3.05) is 0 Å². The average molecular weight is 413 g/mol. The van der Waals surface area contributed by atoms with E-state index in [9.17, 15) is 9.59 Å². The largest absolute Gasteiger partial charge is 0.318 e. The summed E-state index contributed by atoms with van der Waals surface area (Å²) in [6.07, 6.45) is 1.52. The maximum absolute atomic E-state index is 12.5. The summed E-state index contributed by atoms with van der Waals surface area (Å²) < 4.78 is 2.94. The van der Waals surface area contributed by atoms with Gasteiger partial charge in [-0.15, -0.1) is 0 Å². The molecule has 0 bridgehead atoms. The standard InChI is InChI=1S/C19H17BrN4O2/c1-12-10-16(13(2)24(12)15-7-5-6-14(20)11-15)18(25)22-23-19(26)17-8-3-4-9-21-17/h3-11H,1-2H3,(H,22,25)(H,23,26). The van der Waals surface area contributed by atoms with E-state index < -0.39 is 5.91 Å². The minimum atomic E-state index is -0.472. The average Bonchev–Trinajstić information content (AvgIpc) is 2.94. The number of rotatable bonds is 3. The lowest BCUT2D eigenvalue weighted by atomic mass is 10.2. The fourth-order valence-electron chi connectivity index (χ4n) is 2.75. The van der Waals surface area contributed by atoms with E-state index in [4.69, 9.17) is 0 Å². The van der Waals surface area contributed by atoms with Crippen LogP contribution in [0.4, 0.5) is 0 Å². The van der Waals surface area contributed by atoms with E-state index in [1.165, 1.54) is 6.20 Å². The lowest BCUT2D eigenvalue weighted by Gasteiger charge is -2.11. The molecular formula is C19H17BrN4O2. The third kappa shape index (κ3) is 3.67. The van der Waals surface area contributed by atoms with Crippen LogP contribution in [-0.4, -0.2) is 21.4 Å². The number of halogens is 1. The Labute approximate surface area is 159 Å². The minimum absolute atomic E-state index is 0.229. The van der Waals surface area contributed by atoms with Crippen LogP contribution in [0.15, 0.2) is 59.2 Å². The van der Waals surface area contributed by atoms with E-state index >= 15 is 0 Å². The van der Waals surface area contributed by atoms with Gasteiger partial charge >= 0.3 is 0 Å². The van der Waals surface area contributed by atoms with Gasteiger partial charge in [-0.05, 0) is 50.2 Å². The highest BCUT2D eigenvalue weighted by molar-refractivity contribution is 9.10. The molecule has 2 aromatic heterocycles. The predicted molar refractivity (Wildman–Crippen MR) is 102 cm³/mol. The number of hydrazine groups is 1. The number of carbonyl (C=O) groups is 2. The first kappa shape index (κ1) is 17.9. The smallest absolute Gasteiger partial charge is 0.288 e. The molecule has 132 valence electrons. The van der Waals surface area contributed by atoms with Crippen molar-refractivity contribution in [3.63, 3.8) is 0 Å². The van der Waals surface area contributed by atoms with Crippen LogP contribution in [0.5, 0.6) is 0 Å². The molecule has 0 saturated carbocycles. The van der Waals surface area contributed by atoms with Gasteiger partial charge < -0.3 is 4.57 Å². The van der Waals surface area contributed by atoms with Crippen LogP contribution in [0.2, 0.25) is 0 Å². The molecular weight excluding hydrogens is 396 g/mol. The van der Waals surface area contributed by atoms with Gasteiger partial charge in [-0.25, -0.2) is 0 Å². The van der Waals surface area contributed by atoms with E-state index in [1.54, 1.807) is 24.3 Å². The van der Waals surface area contributed by atoms with Crippen molar-refractivity contribution in [3.8, 4) is 5.69 Å². The summed E-state index contributed by atoms with van der Waals surface area (Å²) >= 11 is 3.46. The summed E-state index contributed by atoms with van der Waals surface area (Å²) in [6.45, 7) is 3.79. The molecule has 6 nitrogen and oxygen atoms in total. The molecule has 0 aliphatic rings. The monoisotopic (exact) mass is 412 g/mol. The van der Waals surface area contributed by atoms with Crippen LogP contribution in [0.3, 0.4) is 0 Å². The minimum Gasteiger partial charge on any atom is -0.318 e. The molecule has 1 aromatic carbocycles. The number of benzene rings is 1. The number of amides is 2. The predicted octanol–water partition coefficient (Wildman–Crippen LogP) is 3.33. The Morgan fingerprint density at radius 1 is 1.00 bits per heavy atom. The molecule has 2 heterocycles. The zero-order valence-corrected chi connectivity index (χ0v) is 15.9. The molecule has 0 spiro atoms. The quantitative estimate of drug-likeness (QED) is 0.647. The summed E-state index contributed by atoms with van der Waals surface area (Å²) in [6, 6.07) is 14.6. The van der Waals surface area contributed by atoms with Gasteiger partial charge in [0.25, 0.3) is 11.8 Å². The highest BCUT2D eigenvalue weighted by Crippen LogP contribution is 2.23. The zero-order valence-electron chi connectivity index (χ0n) is 14.3. The van der Waals surface area contributed by atoms with Crippen molar-refractivity contribution in [2.45, 2.75) is 13.8 Å². The van der Waals surface area contributed by atoms with Gasteiger partial charge in [-0.2, -0.15) is 0 Å². The van der Waals surface area contributed by atoms with E-state index in [2.05, 4.69) is 31.8 Å². The summed E-state index contributed by atoms with van der Waals surface area (Å²) in [4.78, 5) is 28.4. The van der Waals surface area contributed by atoms with Gasteiger partial charge in [-0.1, -0.05) is 28.1 Å². The second-order valence-electron chi connectivity index (χ2n) is 5.72. The van der Waals surface area contributed by atoms with Gasteiger partial charge in [0.05, 0.1) is 5.56 Å². The fourth-order valence-corrected chi connectivity index (χ4v) is 3.13. The lowest BCUT2D eigenvalue weighted by Crippen LogP contribution is -2.42. The first-order valence-electron chi connectivity index (χ1n) is 7.94. The second kappa shape index (κ2) is 7.53. The summed E-state index contributed by atoms with van der Waals surface area (Å²) in [5.41, 5.74) is 8.19. The highest BCUT2D eigenvalue weighted by Gasteiger charge is 2.17. The third-order valence-electron chi connectivity index (χ3n) is 3.93. The number of nitrogens with zero attached hydrogens (tertiary/aromatic N) is 2. The second-order valence-corrected chi connectivity index (χ2v) is 6.64. The van der Waals surface area contributed by atoms with Crippen LogP contribution >= 0.6 is 15.9 Å². The van der Waals surface area contributed by atoms with Crippen molar-refractivity contribution in [3.05, 3.63) is 81.8 Å². The molecule has 0 radical (unpaired) electrons. The van der Waals surface area contributed by atoms with Gasteiger partial charge in [0.2, 0.25) is 0 Å². The van der Waals surface area contributed by atoms with Crippen LogP contribution in [0.25, 0.3) is 5.69 Å². The van der Waals surface area contributed by atoms with Crippen LogP contribution in [0.1, 0.15) is 32.2 Å². The molecule has 26 heavy (non-hydrogen) atoms. The first-order chi connectivity index (χ1) is 12.5. The van der Waals surface area contributed by atoms with Crippen molar-refractivity contribution >= 4 is 27.7 Å². The summed E-state index contributed by atoms with van der Waals surface area (Å²) in [7, 11) is 0. The van der Waals surface area contributed by atoms with Crippen LogP contribution in [-0.2, 0) is 0 Å². The number of hydrogen-bond acceptors (Lipinski definition) is 3. The molecule has 0 unspecified atom stereocenters. The molecule has 3 aromatic rings. The molecule has 2 N–H and O–H groups in total. The van der Waals surface area contributed by atoms with Crippen molar-refractivity contribution in [1.29, 1.82) is 0 Å². The molecule has 0 atom stereocenters. The van der Waals surface area contributed by atoms with Crippen molar-refractivity contribution in [1.82, 2.24) is 20.4 Å². The van der Waals surface area contributed by atoms with E-state index in [1.807, 2.05) is 42.7 Å². The normalized spacial score (nSPS) is 10.4. The number of hydrogen-bond donors (Lipinski definition) is 2. The third-order valence-corrected chi connectivity index (χ3v) is 4.42. The van der Waals surface area contributed by atoms with Gasteiger partial charge in [0, 0.05) is 27.7 Å². The number of nitrogens with one attached hydrogen (secondary N) is 2. The topological polar surface area (TPSA) is 76.0 Å². The fraction of sp³-hybridized carbons (Fsp3) is 0.105. The zero-order chi connectivity index (χ0) is 18.7. The molecule has 0 aliphatic carbocycles. The van der Waals surface area contributed by atoms with Gasteiger partial charge in [-0.3, -0.25) is 25.4 Å². The number of aromatic nitrogens is 2. The Morgan fingerprint density at radius 2 is 1.77 bits per heavy atom. The summed E-state index contributed by atoms with van der Waals surface area (Å²) in [5, 5.41) is 0. The maximum atomic E-state index is 12.5. The summed E-state index contributed by atoms with van der Waals surface area (Å²) in [5.74, 6) is -0.858. The number of pyridine rings is 1. The first-order valence-corrected chi connectivity index (χ1v) is 8.73. The number of carbonyl (C=O) groups excluding carboxylic acids is 2. The molecule has 3 rings (SSSR count). The molecule has 2 amide bonds. The highest BCUT2D eigenvalue weighted by atomic mass is 79.9. The SMILES string of the molecule is Cc1cc(C(=O)NNC(=O)c2ccccn2)c(C)n1-c1cccc(Br)c1. The Balaban J connectivity index is 1.78. The maximum Gasteiger partial charge on any atom is 0.288 e. The lowest BCUT2D eigenvalue weighted by molar-refractivity contribution is 0.0843. The van der Waals surface area contributed by atoms with E-state index in [-0.39, 0.29) is 11.6 Å². The Kier molecular flexibility index (Phi) is 5.18. The van der Waals surface area contributed by atoms with Crippen molar-refractivity contribution < 1.29 is 9.59 Å². The van der Waals surface area contributed by atoms with E-state index in [0.717, 1.165) is 21.5 Å². The van der Waals surface area contributed by atoms with Gasteiger partial charge in [0.1, 0.15) is 5.69 Å². The number of aryl methyl sites for hydroxylation is 1. The van der Waals surface area contributed by atoms with Crippen molar-refractivity contribution in [2.24, 2.45) is 0 Å². The van der Waals surface area contributed by atoms with E-state index in [0.29, 0.717) is 5.56 Å². The molecule has 0 saturated heterocycles.